The minimum absolute atomic E-state index is 0.0500. The van der Waals surface area contributed by atoms with Gasteiger partial charge in [-0.05, 0) is 17.8 Å². The van der Waals surface area contributed by atoms with Gasteiger partial charge in [-0.3, -0.25) is 10.1 Å². The fourth-order valence-corrected chi connectivity index (χ4v) is 2.80. The van der Waals surface area contributed by atoms with Crippen LogP contribution in [0.1, 0.15) is 0 Å². The van der Waals surface area contributed by atoms with Gasteiger partial charge in [0.15, 0.2) is 9.37 Å². The molecule has 20 heavy (non-hydrogen) atoms. The summed E-state index contributed by atoms with van der Waals surface area (Å²) in [5, 5.41) is 19.5. The zero-order chi connectivity index (χ0) is 14.5. The molecule has 0 fully saturated rings. The molecule has 0 N–H and O–H groups in total. The molecule has 0 aliphatic heterocycles. The second-order valence-electron chi connectivity index (χ2n) is 3.75. The molecule has 0 saturated heterocycles. The molecular weight excluding hydrogens is 300 g/mol. The van der Waals surface area contributed by atoms with E-state index < -0.39 is 4.92 Å². The Bertz CT molecular complexity index is 642. The molecule has 2 heterocycles. The lowest BCUT2D eigenvalue weighted by Crippen LogP contribution is -2.06. The summed E-state index contributed by atoms with van der Waals surface area (Å²) in [6.07, 6.45) is 3.11. The molecule has 10 heteroatoms. The van der Waals surface area contributed by atoms with Crippen LogP contribution in [0.2, 0.25) is 0 Å². The molecule has 104 valence electrons. The van der Waals surface area contributed by atoms with Crippen molar-refractivity contribution in [2.24, 2.45) is 4.99 Å². The molecule has 0 spiro atoms. The van der Waals surface area contributed by atoms with Crippen molar-refractivity contribution in [3.8, 4) is 0 Å². The highest BCUT2D eigenvalue weighted by atomic mass is 32.2. The second-order valence-corrected chi connectivity index (χ2v) is 5.94. The fraction of sp³-hybridized carbons (Fsp3) is 0.200. The maximum absolute atomic E-state index is 10.9. The lowest BCUT2D eigenvalue weighted by molar-refractivity contribution is -0.388. The van der Waals surface area contributed by atoms with Crippen molar-refractivity contribution in [1.29, 1.82) is 0 Å². The zero-order valence-corrected chi connectivity index (χ0v) is 12.3. The summed E-state index contributed by atoms with van der Waals surface area (Å²) in [5.74, 6) is 0. The van der Waals surface area contributed by atoms with Gasteiger partial charge in [0, 0.05) is 26.4 Å². The van der Waals surface area contributed by atoms with E-state index in [9.17, 15) is 10.1 Å². The van der Waals surface area contributed by atoms with Crippen LogP contribution in [0.4, 0.5) is 10.8 Å². The van der Waals surface area contributed by atoms with Gasteiger partial charge in [0.25, 0.3) is 0 Å². The molecule has 2 aromatic heterocycles. The third-order valence-electron chi connectivity index (χ3n) is 1.93. The number of nitro groups is 1. The van der Waals surface area contributed by atoms with Gasteiger partial charge in [-0.25, -0.2) is 9.98 Å². The van der Waals surface area contributed by atoms with Gasteiger partial charge in [0.1, 0.15) is 0 Å². The van der Waals surface area contributed by atoms with Gasteiger partial charge in [-0.2, -0.15) is 0 Å². The standard InChI is InChI=1S/C10H10N6O2S2/c1-15(2)6-12-9-13-14-10(20-9)19-8-7(16(17)18)4-3-5-11-8/h3-6H,1-2H3. The summed E-state index contributed by atoms with van der Waals surface area (Å²) < 4.78 is 0.553. The Hall–Kier alpha value is -2.07. The summed E-state index contributed by atoms with van der Waals surface area (Å²) >= 11 is 2.35. The topological polar surface area (TPSA) is 97.4 Å². The van der Waals surface area contributed by atoms with Gasteiger partial charge >= 0.3 is 5.69 Å². The Morgan fingerprint density at radius 3 is 3.00 bits per heavy atom. The number of hydrogen-bond donors (Lipinski definition) is 0. The van der Waals surface area contributed by atoms with Crippen LogP contribution >= 0.6 is 23.1 Å². The van der Waals surface area contributed by atoms with Gasteiger partial charge in [-0.1, -0.05) is 11.3 Å². The highest BCUT2D eigenvalue weighted by Crippen LogP contribution is 2.35. The van der Waals surface area contributed by atoms with Crippen LogP contribution in [-0.2, 0) is 0 Å². The SMILES string of the molecule is CN(C)C=Nc1nnc(Sc2ncccc2[N+](=O)[O-])s1. The highest BCUT2D eigenvalue weighted by Gasteiger charge is 2.17. The van der Waals surface area contributed by atoms with Crippen LogP contribution in [0.15, 0.2) is 32.7 Å². The Kier molecular flexibility index (Phi) is 4.58. The van der Waals surface area contributed by atoms with Crippen LogP contribution in [0.3, 0.4) is 0 Å². The molecule has 0 unspecified atom stereocenters. The first-order chi connectivity index (χ1) is 9.56. The number of nitrogens with zero attached hydrogens (tertiary/aromatic N) is 6. The largest absolute Gasteiger partial charge is 0.369 e. The van der Waals surface area contributed by atoms with Gasteiger partial charge in [-0.15, -0.1) is 10.2 Å². The number of aromatic nitrogens is 3. The quantitative estimate of drug-likeness (QED) is 0.361. The van der Waals surface area contributed by atoms with Gasteiger partial charge < -0.3 is 4.90 Å². The number of pyridine rings is 1. The summed E-state index contributed by atoms with van der Waals surface area (Å²) in [7, 11) is 3.69. The van der Waals surface area contributed by atoms with E-state index in [1.165, 1.54) is 29.7 Å². The molecule has 2 rings (SSSR count). The van der Waals surface area contributed by atoms with Crippen LogP contribution in [-0.4, -0.2) is 45.4 Å². The minimum atomic E-state index is -0.471. The van der Waals surface area contributed by atoms with Crippen molar-refractivity contribution in [1.82, 2.24) is 20.1 Å². The summed E-state index contributed by atoms with van der Waals surface area (Å²) in [4.78, 5) is 20.3. The Labute approximate surface area is 122 Å². The molecule has 8 nitrogen and oxygen atoms in total. The van der Waals surface area contributed by atoms with Crippen molar-refractivity contribution in [2.75, 3.05) is 14.1 Å². The van der Waals surface area contributed by atoms with E-state index in [0.29, 0.717) is 9.47 Å². The third-order valence-corrected chi connectivity index (χ3v) is 3.82. The van der Waals surface area contributed by atoms with Crippen LogP contribution in [0, 0.1) is 10.1 Å². The van der Waals surface area contributed by atoms with E-state index in [4.69, 9.17) is 0 Å². The number of aliphatic imine (C=N–C) groups is 1. The maximum Gasteiger partial charge on any atom is 0.301 e. The maximum atomic E-state index is 10.9. The molecule has 2 aromatic rings. The highest BCUT2D eigenvalue weighted by molar-refractivity contribution is 8.01. The molecule has 0 aliphatic rings. The molecule has 0 bridgehead atoms. The van der Waals surface area contributed by atoms with E-state index >= 15 is 0 Å². The zero-order valence-electron chi connectivity index (χ0n) is 10.6. The predicted octanol–water partition coefficient (Wildman–Crippen LogP) is 2.21. The molecule has 0 atom stereocenters. The summed E-state index contributed by atoms with van der Waals surface area (Å²) in [6.45, 7) is 0. The van der Waals surface area contributed by atoms with Crippen molar-refractivity contribution in [3.05, 3.63) is 28.4 Å². The first kappa shape index (κ1) is 14.3. The van der Waals surface area contributed by atoms with Crippen molar-refractivity contribution in [3.63, 3.8) is 0 Å². The monoisotopic (exact) mass is 310 g/mol. The Morgan fingerprint density at radius 1 is 1.50 bits per heavy atom. The predicted molar refractivity (Wildman–Crippen MR) is 76.8 cm³/mol. The number of rotatable bonds is 5. The van der Waals surface area contributed by atoms with Crippen LogP contribution in [0.25, 0.3) is 0 Å². The Balaban J connectivity index is 2.17. The Morgan fingerprint density at radius 2 is 2.30 bits per heavy atom. The average molecular weight is 310 g/mol. The smallest absolute Gasteiger partial charge is 0.301 e. The lowest BCUT2D eigenvalue weighted by Gasteiger charge is -1.99. The van der Waals surface area contributed by atoms with Crippen LogP contribution < -0.4 is 0 Å². The van der Waals surface area contributed by atoms with Gasteiger partial charge in [0.05, 0.1) is 11.3 Å². The first-order valence-electron chi connectivity index (χ1n) is 5.37. The average Bonchev–Trinajstić information content (AvgIpc) is 2.84. The summed E-state index contributed by atoms with van der Waals surface area (Å²) in [5.41, 5.74) is -0.0500. The third kappa shape index (κ3) is 3.71. The molecule has 0 radical (unpaired) electrons. The van der Waals surface area contributed by atoms with E-state index in [1.807, 2.05) is 14.1 Å². The van der Waals surface area contributed by atoms with Crippen LogP contribution in [0.5, 0.6) is 0 Å². The van der Waals surface area contributed by atoms with E-state index in [0.717, 1.165) is 11.8 Å². The number of hydrogen-bond acceptors (Lipinski definition) is 8. The molecule has 0 saturated carbocycles. The van der Waals surface area contributed by atoms with Gasteiger partial charge in [0.2, 0.25) is 5.13 Å². The lowest BCUT2D eigenvalue weighted by atomic mass is 10.4. The van der Waals surface area contributed by atoms with Crippen molar-refractivity contribution in [2.45, 2.75) is 9.37 Å². The van der Waals surface area contributed by atoms with Crippen molar-refractivity contribution < 1.29 is 4.92 Å². The van der Waals surface area contributed by atoms with E-state index in [2.05, 4.69) is 20.2 Å². The molecule has 0 aliphatic carbocycles. The molecule has 0 aromatic carbocycles. The normalized spacial score (nSPS) is 10.9. The minimum Gasteiger partial charge on any atom is -0.369 e. The van der Waals surface area contributed by atoms with E-state index in [-0.39, 0.29) is 10.7 Å². The summed E-state index contributed by atoms with van der Waals surface area (Å²) in [6, 6.07) is 2.93. The second kappa shape index (κ2) is 6.39. The fourth-order valence-electron chi connectivity index (χ4n) is 1.14. The van der Waals surface area contributed by atoms with Crippen molar-refractivity contribution >= 4 is 40.3 Å². The first-order valence-corrected chi connectivity index (χ1v) is 7.01. The molecule has 0 amide bonds. The molecular formula is C10H10N6O2S2. The van der Waals surface area contributed by atoms with E-state index in [1.54, 1.807) is 11.2 Å².